The number of aliphatic carboxylic acids is 1. The minimum absolute atomic E-state index is 0.158. The highest BCUT2D eigenvalue weighted by atomic mass is 16.4. The van der Waals surface area contributed by atoms with Crippen LogP contribution in [-0.2, 0) is 16.0 Å². The van der Waals surface area contributed by atoms with E-state index in [2.05, 4.69) is 15.0 Å². The molecular weight excluding hydrogens is 324 g/mol. The zero-order valence-corrected chi connectivity index (χ0v) is 13.7. The Morgan fingerprint density at radius 1 is 1.36 bits per heavy atom. The summed E-state index contributed by atoms with van der Waals surface area (Å²) in [4.78, 5) is 48.4. The molecule has 0 spiro atoms. The van der Waals surface area contributed by atoms with Crippen molar-refractivity contribution >= 4 is 11.9 Å². The van der Waals surface area contributed by atoms with Gasteiger partial charge in [-0.1, -0.05) is 0 Å². The number of nitrogens with one attached hydrogen (secondary N) is 1. The molecule has 8 nitrogen and oxygen atoms in total. The number of likely N-dealkylation sites (tertiary alicyclic amines) is 1. The Bertz CT molecular complexity index is 863. The molecule has 8 heteroatoms. The highest BCUT2D eigenvalue weighted by Gasteiger charge is 2.34. The Labute approximate surface area is 143 Å². The van der Waals surface area contributed by atoms with Gasteiger partial charge in [0.1, 0.15) is 11.9 Å². The lowest BCUT2D eigenvalue weighted by Crippen LogP contribution is -2.42. The fourth-order valence-electron chi connectivity index (χ4n) is 3.04. The van der Waals surface area contributed by atoms with Gasteiger partial charge >= 0.3 is 5.97 Å². The molecule has 1 saturated heterocycles. The van der Waals surface area contributed by atoms with Crippen LogP contribution in [0.4, 0.5) is 0 Å². The molecule has 1 aliphatic rings. The number of hydrogen-bond donors (Lipinski definition) is 2. The largest absolute Gasteiger partial charge is 0.480 e. The average Bonchev–Trinajstić information content (AvgIpc) is 3.08. The Hall–Kier alpha value is -3.03. The Morgan fingerprint density at radius 2 is 2.08 bits per heavy atom. The number of amides is 1. The SMILES string of the molecule is Cc1nc(-c2ccncc2)[nH]c(=O)c1CC(=O)N1CCC[C@H]1C(=O)O. The van der Waals surface area contributed by atoms with Crippen molar-refractivity contribution in [1.82, 2.24) is 19.9 Å². The van der Waals surface area contributed by atoms with Crippen molar-refractivity contribution in [3.63, 3.8) is 0 Å². The van der Waals surface area contributed by atoms with Crippen LogP contribution in [-0.4, -0.2) is 49.4 Å². The van der Waals surface area contributed by atoms with Gasteiger partial charge in [0, 0.05) is 35.8 Å². The number of carboxylic acid groups (broad SMARTS) is 1. The molecule has 2 aromatic heterocycles. The summed E-state index contributed by atoms with van der Waals surface area (Å²) in [6.07, 6.45) is 4.13. The number of pyridine rings is 1. The van der Waals surface area contributed by atoms with E-state index in [1.807, 2.05) is 0 Å². The van der Waals surface area contributed by atoms with E-state index in [9.17, 15) is 19.5 Å². The first-order valence-electron chi connectivity index (χ1n) is 8.00. The fraction of sp³-hybridized carbons (Fsp3) is 0.353. The maximum absolute atomic E-state index is 12.5. The molecule has 1 atom stereocenters. The quantitative estimate of drug-likeness (QED) is 0.847. The van der Waals surface area contributed by atoms with Gasteiger partial charge in [0.25, 0.3) is 5.56 Å². The van der Waals surface area contributed by atoms with E-state index in [4.69, 9.17) is 0 Å². The van der Waals surface area contributed by atoms with E-state index in [0.717, 1.165) is 5.56 Å². The average molecular weight is 342 g/mol. The standard InChI is InChI=1S/C17H18N4O4/c1-10-12(9-14(22)21-8-2-3-13(21)17(24)25)16(23)20-15(19-10)11-4-6-18-7-5-11/h4-7,13H,2-3,8-9H2,1H3,(H,24,25)(H,19,20,23)/t13-/m0/s1. The summed E-state index contributed by atoms with van der Waals surface area (Å²) in [5.41, 5.74) is 1.05. The number of nitrogens with zero attached hydrogens (tertiary/aromatic N) is 3. The summed E-state index contributed by atoms with van der Waals surface area (Å²) in [5, 5.41) is 9.19. The van der Waals surface area contributed by atoms with Crippen molar-refractivity contribution < 1.29 is 14.7 Å². The number of rotatable bonds is 4. The smallest absolute Gasteiger partial charge is 0.326 e. The minimum Gasteiger partial charge on any atom is -0.480 e. The predicted octanol–water partition coefficient (Wildman–Crippen LogP) is 0.758. The van der Waals surface area contributed by atoms with Gasteiger partial charge in [-0.2, -0.15) is 0 Å². The lowest BCUT2D eigenvalue weighted by atomic mass is 10.1. The molecule has 130 valence electrons. The van der Waals surface area contributed by atoms with Crippen LogP contribution in [0.3, 0.4) is 0 Å². The molecule has 0 unspecified atom stereocenters. The van der Waals surface area contributed by atoms with Gasteiger partial charge in [0.15, 0.2) is 0 Å². The summed E-state index contributed by atoms with van der Waals surface area (Å²) in [6, 6.07) is 2.64. The van der Waals surface area contributed by atoms with Crippen LogP contribution >= 0.6 is 0 Å². The number of carbonyl (C=O) groups excluding carboxylic acids is 1. The molecule has 0 bridgehead atoms. The molecule has 3 heterocycles. The number of hydrogen-bond acceptors (Lipinski definition) is 5. The first kappa shape index (κ1) is 16.8. The van der Waals surface area contributed by atoms with Gasteiger partial charge in [-0.15, -0.1) is 0 Å². The van der Waals surface area contributed by atoms with Gasteiger partial charge < -0.3 is 15.0 Å². The van der Waals surface area contributed by atoms with Crippen LogP contribution in [0.25, 0.3) is 11.4 Å². The van der Waals surface area contributed by atoms with Crippen LogP contribution in [0.15, 0.2) is 29.3 Å². The minimum atomic E-state index is -1.01. The molecular formula is C17H18N4O4. The van der Waals surface area contributed by atoms with Gasteiger partial charge in [-0.05, 0) is 31.9 Å². The molecule has 0 aliphatic carbocycles. The van der Waals surface area contributed by atoms with E-state index < -0.39 is 17.6 Å². The summed E-state index contributed by atoms with van der Waals surface area (Å²) in [7, 11) is 0. The zero-order chi connectivity index (χ0) is 18.0. The lowest BCUT2D eigenvalue weighted by Gasteiger charge is -2.21. The van der Waals surface area contributed by atoms with E-state index >= 15 is 0 Å². The van der Waals surface area contributed by atoms with E-state index in [-0.39, 0.29) is 17.9 Å². The second-order valence-corrected chi connectivity index (χ2v) is 5.97. The summed E-state index contributed by atoms with van der Waals surface area (Å²) in [6.45, 7) is 2.07. The first-order chi connectivity index (χ1) is 12.0. The van der Waals surface area contributed by atoms with Gasteiger partial charge in [-0.3, -0.25) is 14.6 Å². The van der Waals surface area contributed by atoms with Crippen LogP contribution in [0.1, 0.15) is 24.1 Å². The van der Waals surface area contributed by atoms with Gasteiger partial charge in [0.05, 0.1) is 6.42 Å². The summed E-state index contributed by atoms with van der Waals surface area (Å²) < 4.78 is 0. The number of carbonyl (C=O) groups is 2. The second-order valence-electron chi connectivity index (χ2n) is 5.97. The number of aromatic amines is 1. The van der Waals surface area contributed by atoms with Crippen LogP contribution in [0.5, 0.6) is 0 Å². The topological polar surface area (TPSA) is 116 Å². The monoisotopic (exact) mass is 342 g/mol. The number of aryl methyl sites for hydroxylation is 1. The summed E-state index contributed by atoms with van der Waals surface area (Å²) >= 11 is 0. The van der Waals surface area contributed by atoms with Crippen molar-refractivity contribution in [1.29, 1.82) is 0 Å². The second kappa shape index (κ2) is 6.84. The molecule has 2 aromatic rings. The third-order valence-corrected chi connectivity index (χ3v) is 4.36. The number of H-pyrrole nitrogens is 1. The highest BCUT2D eigenvalue weighted by Crippen LogP contribution is 2.19. The molecule has 3 rings (SSSR count). The van der Waals surface area contributed by atoms with Crippen molar-refractivity contribution in [2.75, 3.05) is 6.54 Å². The third-order valence-electron chi connectivity index (χ3n) is 4.36. The van der Waals surface area contributed by atoms with Crippen molar-refractivity contribution in [3.05, 3.63) is 46.1 Å². The fourth-order valence-corrected chi connectivity index (χ4v) is 3.04. The lowest BCUT2D eigenvalue weighted by molar-refractivity contribution is -0.148. The Kier molecular flexibility index (Phi) is 4.60. The highest BCUT2D eigenvalue weighted by molar-refractivity contribution is 5.85. The van der Waals surface area contributed by atoms with Crippen LogP contribution in [0, 0.1) is 6.92 Å². The van der Waals surface area contributed by atoms with E-state index in [1.54, 1.807) is 31.5 Å². The predicted molar refractivity (Wildman–Crippen MR) is 88.9 cm³/mol. The zero-order valence-electron chi connectivity index (χ0n) is 13.7. The van der Waals surface area contributed by atoms with Crippen molar-refractivity contribution in [3.8, 4) is 11.4 Å². The molecule has 1 amide bonds. The molecule has 1 fully saturated rings. The normalized spacial score (nSPS) is 16.8. The number of carboxylic acids is 1. The summed E-state index contributed by atoms with van der Waals surface area (Å²) in [5.74, 6) is -0.967. The van der Waals surface area contributed by atoms with Crippen molar-refractivity contribution in [2.45, 2.75) is 32.2 Å². The van der Waals surface area contributed by atoms with E-state index in [0.29, 0.717) is 30.9 Å². The van der Waals surface area contributed by atoms with Gasteiger partial charge in [-0.25, -0.2) is 9.78 Å². The Balaban J connectivity index is 1.85. The molecule has 25 heavy (non-hydrogen) atoms. The molecule has 0 aromatic carbocycles. The molecule has 0 saturated carbocycles. The maximum Gasteiger partial charge on any atom is 0.326 e. The molecule has 0 radical (unpaired) electrons. The van der Waals surface area contributed by atoms with Crippen LogP contribution < -0.4 is 5.56 Å². The maximum atomic E-state index is 12.5. The van der Waals surface area contributed by atoms with Crippen molar-refractivity contribution in [2.24, 2.45) is 0 Å². The van der Waals surface area contributed by atoms with Crippen LogP contribution in [0.2, 0.25) is 0 Å². The third kappa shape index (κ3) is 3.42. The molecule has 2 N–H and O–H groups in total. The van der Waals surface area contributed by atoms with Gasteiger partial charge in [0.2, 0.25) is 5.91 Å². The number of aromatic nitrogens is 3. The Morgan fingerprint density at radius 3 is 2.72 bits per heavy atom. The van der Waals surface area contributed by atoms with E-state index in [1.165, 1.54) is 4.90 Å². The first-order valence-corrected chi connectivity index (χ1v) is 8.00. The molecule has 1 aliphatic heterocycles.